The smallest absolute Gasteiger partial charge is 0.277 e. The molecule has 1 saturated heterocycles. The van der Waals surface area contributed by atoms with Gasteiger partial charge in [-0.2, -0.15) is 16.3 Å². The minimum atomic E-state index is -1.97. The number of amides is 2. The fourth-order valence-electron chi connectivity index (χ4n) is 5.66. The molecule has 10 N–H and O–H groups in total. The Bertz CT molecular complexity index is 1520. The predicted octanol–water partition coefficient (Wildman–Crippen LogP) is -6.01. The summed E-state index contributed by atoms with van der Waals surface area (Å²) in [5.41, 5.74) is 0.901. The third kappa shape index (κ3) is 6.54. The number of nitrogens with zero attached hydrogens (tertiary/aromatic N) is 2. The van der Waals surface area contributed by atoms with E-state index in [1.54, 1.807) is 20.8 Å². The Kier molecular flexibility index (Phi) is 11.2. The molecule has 0 bridgehead atoms. The summed E-state index contributed by atoms with van der Waals surface area (Å²) in [6, 6.07) is -2.91. The molecular weight excluding hydrogens is 636 g/mol. The van der Waals surface area contributed by atoms with Gasteiger partial charge in [-0.3, -0.25) is 23.7 Å². The molecule has 3 heterocycles. The third-order valence-corrected chi connectivity index (χ3v) is 9.59. The minimum absolute atomic E-state index is 0.0761. The van der Waals surface area contributed by atoms with Gasteiger partial charge in [-0.15, -0.1) is 0 Å². The zero-order chi connectivity index (χ0) is 34.4. The predicted molar refractivity (Wildman–Crippen MR) is 157 cm³/mol. The molecule has 0 spiro atoms. The van der Waals surface area contributed by atoms with E-state index in [1.165, 1.54) is 4.52 Å². The lowest BCUT2D eigenvalue weighted by Crippen LogP contribution is -2.69. The molecule has 1 aliphatic carbocycles. The number of hydrogen-bond donors (Lipinski definition) is 10. The lowest BCUT2D eigenvalue weighted by atomic mass is 9.84. The first kappa shape index (κ1) is 36.2. The topological polar surface area (TPSA) is 281 Å². The maximum absolute atomic E-state index is 13.5. The highest BCUT2D eigenvalue weighted by atomic mass is 32.2. The summed E-state index contributed by atoms with van der Waals surface area (Å²) in [7, 11) is 0. The molecule has 258 valence electrons. The van der Waals surface area contributed by atoms with E-state index < -0.39 is 103 Å². The number of nitrogens with one attached hydrogen (secondary N) is 2. The van der Waals surface area contributed by atoms with Crippen LogP contribution in [-0.4, -0.2) is 147 Å². The highest BCUT2D eigenvalue weighted by Crippen LogP contribution is 2.29. The summed E-state index contributed by atoms with van der Waals surface area (Å²) < 4.78 is 13.6. The van der Waals surface area contributed by atoms with E-state index in [0.29, 0.717) is 22.5 Å². The van der Waals surface area contributed by atoms with Crippen LogP contribution in [0.25, 0.3) is 0 Å². The van der Waals surface area contributed by atoms with Crippen molar-refractivity contribution in [3.05, 3.63) is 43.2 Å². The van der Waals surface area contributed by atoms with Crippen LogP contribution in [-0.2, 0) is 24.8 Å². The Morgan fingerprint density at radius 1 is 0.870 bits per heavy atom. The Hall–Kier alpha value is -2.69. The molecule has 18 nitrogen and oxygen atoms in total. The summed E-state index contributed by atoms with van der Waals surface area (Å²) in [6.07, 6.45) is -18.5. The van der Waals surface area contributed by atoms with Crippen molar-refractivity contribution in [1.82, 2.24) is 19.7 Å². The van der Waals surface area contributed by atoms with E-state index in [1.807, 2.05) is 0 Å². The molecule has 0 aromatic carbocycles. The van der Waals surface area contributed by atoms with Gasteiger partial charge in [0.2, 0.25) is 11.8 Å². The van der Waals surface area contributed by atoms with Gasteiger partial charge in [0.05, 0.1) is 12.3 Å². The number of aryl methyl sites for hydroxylation is 1. The summed E-state index contributed by atoms with van der Waals surface area (Å²) in [6.45, 7) is 5.20. The van der Waals surface area contributed by atoms with Crippen LogP contribution in [0.3, 0.4) is 0 Å². The molecule has 2 unspecified atom stereocenters. The van der Waals surface area contributed by atoms with Crippen LogP contribution in [0.4, 0.5) is 0 Å². The van der Waals surface area contributed by atoms with Crippen LogP contribution < -0.4 is 21.8 Å². The number of aliphatic hydroxyl groups is 8. The second kappa shape index (κ2) is 14.2. The van der Waals surface area contributed by atoms with Crippen molar-refractivity contribution in [3.63, 3.8) is 0 Å². The molecule has 1 saturated carbocycles. The molecule has 19 heteroatoms. The van der Waals surface area contributed by atoms with E-state index in [4.69, 9.17) is 9.47 Å². The Balaban J connectivity index is 1.54. The summed E-state index contributed by atoms with van der Waals surface area (Å²) in [4.78, 5) is 50.8. The molecule has 0 radical (unpaired) electrons. The van der Waals surface area contributed by atoms with Gasteiger partial charge in [-0.25, -0.2) is 0 Å². The van der Waals surface area contributed by atoms with Gasteiger partial charge in [0.1, 0.15) is 67.0 Å². The second-order valence-corrected chi connectivity index (χ2v) is 12.6. The molecule has 4 rings (SSSR count). The Labute approximate surface area is 265 Å². The van der Waals surface area contributed by atoms with Crippen LogP contribution in [0.5, 0.6) is 0 Å². The van der Waals surface area contributed by atoms with Crippen LogP contribution in [0, 0.1) is 20.8 Å². The summed E-state index contributed by atoms with van der Waals surface area (Å²) in [5, 5.41) is 86.9. The number of hydrogen-bond acceptors (Lipinski definition) is 15. The van der Waals surface area contributed by atoms with E-state index in [2.05, 4.69) is 10.6 Å². The Morgan fingerprint density at radius 2 is 1.43 bits per heavy atom. The van der Waals surface area contributed by atoms with Gasteiger partial charge in [0, 0.05) is 35.3 Å². The lowest BCUT2D eigenvalue weighted by molar-refractivity contribution is -0.319. The first-order valence-corrected chi connectivity index (χ1v) is 15.6. The van der Waals surface area contributed by atoms with E-state index in [9.17, 15) is 60.0 Å². The number of rotatable bonds is 10. The van der Waals surface area contributed by atoms with Crippen molar-refractivity contribution in [2.75, 3.05) is 12.4 Å². The van der Waals surface area contributed by atoms with E-state index in [0.717, 1.165) is 23.2 Å². The molecule has 2 aliphatic rings. The second-order valence-electron chi connectivity index (χ2n) is 11.6. The molecule has 2 amide bonds. The standard InChI is InChI=1S/C27H40N4O14S/c1-8-10(3)30-13(9(2)26(43)31(30)25(8)42)7-46-6-12(28-11(4)33)24(41)29-15-17(35)16(34)14(5-32)44-27(15)45-23-21(39)19(37)18(36)20(38)22(23)40/h12,14-23,27,32,34-40H,5-7H2,1-4H3,(H,28,33)(H,29,41)/t12-,14-,15-,16-,17-,18?,19-,20+,21-,22-,23?,27-/m1/s1. The van der Waals surface area contributed by atoms with E-state index >= 15 is 0 Å². The molecule has 46 heavy (non-hydrogen) atoms. The average Bonchev–Trinajstić information content (AvgIpc) is 3.39. The van der Waals surface area contributed by atoms with Gasteiger partial charge < -0.3 is 61.0 Å². The van der Waals surface area contributed by atoms with Gasteiger partial charge in [0.25, 0.3) is 11.1 Å². The highest BCUT2D eigenvalue weighted by molar-refractivity contribution is 7.98. The normalized spacial score (nSPS) is 34.0. The molecule has 2 fully saturated rings. The molecule has 1 aliphatic heterocycles. The van der Waals surface area contributed by atoms with Crippen molar-refractivity contribution < 1.29 is 59.9 Å². The number of thioether (sulfide) groups is 1. The van der Waals surface area contributed by atoms with E-state index in [-0.39, 0.29) is 11.5 Å². The molecule has 2 aromatic rings. The van der Waals surface area contributed by atoms with Crippen LogP contribution in [0.1, 0.15) is 29.4 Å². The fourth-order valence-corrected chi connectivity index (χ4v) is 6.78. The Morgan fingerprint density at radius 3 is 2.00 bits per heavy atom. The minimum Gasteiger partial charge on any atom is -0.394 e. The first-order chi connectivity index (χ1) is 21.5. The van der Waals surface area contributed by atoms with Gasteiger partial charge in [0.15, 0.2) is 6.29 Å². The van der Waals surface area contributed by atoms with Crippen molar-refractivity contribution in [1.29, 1.82) is 0 Å². The van der Waals surface area contributed by atoms with Gasteiger partial charge >= 0.3 is 0 Å². The fraction of sp³-hybridized carbons (Fsp3) is 0.704. The maximum Gasteiger partial charge on any atom is 0.277 e. The number of aliphatic hydroxyl groups excluding tert-OH is 8. The number of carbonyl (C=O) groups is 2. The largest absolute Gasteiger partial charge is 0.394 e. The van der Waals surface area contributed by atoms with Gasteiger partial charge in [-0.1, -0.05) is 0 Å². The lowest BCUT2D eigenvalue weighted by Gasteiger charge is -2.47. The molecule has 12 atom stereocenters. The average molecular weight is 677 g/mol. The zero-order valence-electron chi connectivity index (χ0n) is 25.4. The quantitative estimate of drug-likeness (QED) is 0.112. The number of carbonyl (C=O) groups excluding carboxylic acids is 2. The monoisotopic (exact) mass is 676 g/mol. The molecular formula is C27H40N4O14S. The first-order valence-electron chi connectivity index (χ1n) is 14.4. The summed E-state index contributed by atoms with van der Waals surface area (Å²) >= 11 is 1.15. The van der Waals surface area contributed by atoms with Crippen molar-refractivity contribution in [2.45, 2.75) is 107 Å². The van der Waals surface area contributed by atoms with Gasteiger partial charge in [-0.05, 0) is 20.8 Å². The van der Waals surface area contributed by atoms with Crippen LogP contribution >= 0.6 is 11.8 Å². The highest BCUT2D eigenvalue weighted by Gasteiger charge is 2.53. The zero-order valence-corrected chi connectivity index (χ0v) is 26.2. The SMILES string of the molecule is CC(=O)N[C@H](CSCc1c(C)c(=O)n2c(=O)c(C)c(C)n12)C(=O)N[C@H]1[C@@H](OC2[C@H](O)[C@H](O)C(O)[C@H](O)[C@H]2O)O[C@H](CO)[C@@H](O)[C@@H]1O. The van der Waals surface area contributed by atoms with Crippen LogP contribution in [0.2, 0.25) is 0 Å². The van der Waals surface area contributed by atoms with Crippen molar-refractivity contribution in [2.24, 2.45) is 0 Å². The van der Waals surface area contributed by atoms with Crippen LogP contribution in [0.15, 0.2) is 9.59 Å². The third-order valence-electron chi connectivity index (χ3n) is 8.55. The summed E-state index contributed by atoms with van der Waals surface area (Å²) in [5.74, 6) is -1.41. The van der Waals surface area contributed by atoms with Crippen molar-refractivity contribution >= 4 is 23.6 Å². The number of ether oxygens (including phenoxy) is 2. The number of fused-ring (bicyclic) bond motifs is 1. The molecule has 2 aromatic heterocycles. The maximum atomic E-state index is 13.5. The number of aromatic nitrogens is 2. The van der Waals surface area contributed by atoms with Crippen molar-refractivity contribution in [3.8, 4) is 0 Å².